The second-order valence-electron chi connectivity index (χ2n) is 9.45. The molecule has 36 heavy (non-hydrogen) atoms. The summed E-state index contributed by atoms with van der Waals surface area (Å²) in [4.78, 5) is 14.9. The number of likely N-dealkylation sites (tertiary alicyclic amines) is 1. The van der Waals surface area contributed by atoms with Gasteiger partial charge in [0.15, 0.2) is 0 Å². The lowest BCUT2D eigenvalue weighted by Gasteiger charge is -2.41. The monoisotopic (exact) mass is 553 g/mol. The Morgan fingerprint density at radius 2 is 1.64 bits per heavy atom. The molecular formula is C26H33Cl2N3O4S. The average Bonchev–Trinajstić information content (AvgIpc) is 2.89. The summed E-state index contributed by atoms with van der Waals surface area (Å²) in [6, 6.07) is 10.9. The van der Waals surface area contributed by atoms with Crippen molar-refractivity contribution in [1.82, 2.24) is 13.9 Å². The molecule has 0 aliphatic carbocycles. The first-order valence-electron chi connectivity index (χ1n) is 12.4. The van der Waals surface area contributed by atoms with E-state index in [1.807, 2.05) is 32.0 Å². The summed E-state index contributed by atoms with van der Waals surface area (Å²) in [6.45, 7) is 6.45. The fraction of sp³-hybridized carbons (Fsp3) is 0.500. The van der Waals surface area contributed by atoms with Gasteiger partial charge in [0.05, 0.1) is 5.02 Å². The molecule has 0 radical (unpaired) electrons. The summed E-state index contributed by atoms with van der Waals surface area (Å²) < 4.78 is 35.4. The van der Waals surface area contributed by atoms with Gasteiger partial charge in [-0.1, -0.05) is 42.3 Å². The van der Waals surface area contributed by atoms with Gasteiger partial charge in [-0.15, -0.1) is 0 Å². The Kier molecular flexibility index (Phi) is 8.83. The maximum atomic E-state index is 12.8. The van der Waals surface area contributed by atoms with Crippen LogP contribution in [-0.2, 0) is 16.6 Å². The van der Waals surface area contributed by atoms with Gasteiger partial charge in [-0.05, 0) is 74.4 Å². The molecule has 2 aromatic rings. The molecule has 1 amide bonds. The minimum Gasteiger partial charge on any atom is -0.489 e. The molecule has 196 valence electrons. The number of aryl methyl sites for hydroxylation is 1. The van der Waals surface area contributed by atoms with Crippen LogP contribution in [0.25, 0.3) is 0 Å². The van der Waals surface area contributed by atoms with E-state index in [0.29, 0.717) is 40.5 Å². The van der Waals surface area contributed by atoms with Gasteiger partial charge in [0.2, 0.25) is 0 Å². The van der Waals surface area contributed by atoms with Gasteiger partial charge in [-0.3, -0.25) is 4.79 Å². The predicted molar refractivity (Wildman–Crippen MR) is 143 cm³/mol. The molecule has 7 nitrogen and oxygen atoms in total. The van der Waals surface area contributed by atoms with E-state index in [9.17, 15) is 13.2 Å². The Hall–Kier alpha value is -1.84. The number of carbonyl (C=O) groups is 1. The number of ether oxygens (including phenoxy) is 1. The third kappa shape index (κ3) is 6.34. The zero-order valence-corrected chi connectivity index (χ0v) is 23.0. The minimum atomic E-state index is -3.88. The second kappa shape index (κ2) is 11.7. The fourth-order valence-electron chi connectivity index (χ4n) is 4.85. The van der Waals surface area contributed by atoms with Crippen LogP contribution in [-0.4, -0.2) is 61.9 Å². The summed E-state index contributed by atoms with van der Waals surface area (Å²) in [5.74, 6) is 0.0664. The molecule has 2 fully saturated rings. The van der Waals surface area contributed by atoms with Gasteiger partial charge in [0.25, 0.3) is 5.91 Å². The van der Waals surface area contributed by atoms with Crippen molar-refractivity contribution in [3.05, 3.63) is 63.1 Å². The second-order valence-corrected chi connectivity index (χ2v) is 11.9. The Labute approximate surface area is 223 Å². The molecule has 10 heteroatoms. The summed E-state index contributed by atoms with van der Waals surface area (Å²) >= 11 is 12.5. The van der Waals surface area contributed by atoms with Gasteiger partial charge >= 0.3 is 10.2 Å². The van der Waals surface area contributed by atoms with Crippen molar-refractivity contribution >= 4 is 39.3 Å². The number of hydrogen-bond acceptors (Lipinski definition) is 5. The van der Waals surface area contributed by atoms with Crippen LogP contribution in [0, 0.1) is 6.92 Å². The van der Waals surface area contributed by atoms with Crippen LogP contribution in [0.1, 0.15) is 54.1 Å². The standard InChI is InChI=1S/C26H33Cl2N3O4S/c1-3-19-4-6-20(7-5-19)26(32)29-36(33,34)31-16-10-21(11-17-31)30-14-12-22(13-15-30)35-24-9-8-23(27)18(2)25(24)28/h4-9,21-22H,3,10-17H2,1-2H3,(H,29,32). The molecule has 0 aromatic heterocycles. The quantitative estimate of drug-likeness (QED) is 0.530. The van der Waals surface area contributed by atoms with Crippen LogP contribution in [0.4, 0.5) is 0 Å². The van der Waals surface area contributed by atoms with Crippen molar-refractivity contribution in [3.8, 4) is 5.75 Å². The maximum absolute atomic E-state index is 12.8. The summed E-state index contributed by atoms with van der Waals surface area (Å²) in [5.41, 5.74) is 2.25. The van der Waals surface area contributed by atoms with E-state index in [2.05, 4.69) is 9.62 Å². The molecule has 2 heterocycles. The molecule has 2 aliphatic heterocycles. The fourth-order valence-corrected chi connectivity index (χ4v) is 6.43. The normalized spacial score (nSPS) is 18.8. The molecule has 1 N–H and O–H groups in total. The smallest absolute Gasteiger partial charge is 0.304 e. The van der Waals surface area contributed by atoms with E-state index >= 15 is 0 Å². The van der Waals surface area contributed by atoms with Crippen LogP contribution < -0.4 is 9.46 Å². The summed E-state index contributed by atoms with van der Waals surface area (Å²) in [5, 5.41) is 1.18. The molecule has 0 bridgehead atoms. The molecule has 0 atom stereocenters. The number of halogens is 2. The van der Waals surface area contributed by atoms with E-state index in [1.54, 1.807) is 18.2 Å². The number of rotatable bonds is 7. The third-order valence-corrected chi connectivity index (χ3v) is 9.55. The highest BCUT2D eigenvalue weighted by atomic mass is 35.5. The average molecular weight is 555 g/mol. The van der Waals surface area contributed by atoms with Crippen molar-refractivity contribution in [2.75, 3.05) is 26.2 Å². The zero-order chi connectivity index (χ0) is 25.9. The number of amides is 1. The highest BCUT2D eigenvalue weighted by Crippen LogP contribution is 2.34. The van der Waals surface area contributed by atoms with Crippen molar-refractivity contribution in [2.45, 2.75) is 58.1 Å². The summed E-state index contributed by atoms with van der Waals surface area (Å²) in [7, 11) is -3.88. The first-order valence-corrected chi connectivity index (χ1v) is 14.6. The number of nitrogens with zero attached hydrogens (tertiary/aromatic N) is 2. The highest BCUT2D eigenvalue weighted by molar-refractivity contribution is 7.87. The van der Waals surface area contributed by atoms with Crippen LogP contribution in [0.3, 0.4) is 0 Å². The number of hydrogen-bond donors (Lipinski definition) is 1. The first-order chi connectivity index (χ1) is 17.2. The van der Waals surface area contributed by atoms with E-state index in [-0.39, 0.29) is 6.10 Å². The van der Waals surface area contributed by atoms with E-state index in [4.69, 9.17) is 27.9 Å². The van der Waals surface area contributed by atoms with Crippen LogP contribution in [0.15, 0.2) is 36.4 Å². The third-order valence-electron chi connectivity index (χ3n) is 7.18. The predicted octanol–water partition coefficient (Wildman–Crippen LogP) is 4.85. The molecule has 0 spiro atoms. The Balaban J connectivity index is 1.25. The lowest BCUT2D eigenvalue weighted by molar-refractivity contribution is 0.0584. The van der Waals surface area contributed by atoms with Gasteiger partial charge in [-0.25, -0.2) is 4.72 Å². The minimum absolute atomic E-state index is 0.0846. The van der Waals surface area contributed by atoms with Crippen LogP contribution in [0.2, 0.25) is 10.0 Å². The number of nitrogens with one attached hydrogen (secondary N) is 1. The molecule has 4 rings (SSSR count). The van der Waals surface area contributed by atoms with Crippen molar-refractivity contribution in [3.63, 3.8) is 0 Å². The van der Waals surface area contributed by atoms with E-state index < -0.39 is 16.1 Å². The molecule has 0 unspecified atom stereocenters. The summed E-state index contributed by atoms with van der Waals surface area (Å²) in [6.07, 6.45) is 4.16. The molecule has 2 aliphatic rings. The lowest BCUT2D eigenvalue weighted by atomic mass is 10.00. The van der Waals surface area contributed by atoms with Gasteiger partial charge in [0.1, 0.15) is 11.9 Å². The molecule has 0 saturated carbocycles. The van der Waals surface area contributed by atoms with Crippen molar-refractivity contribution in [1.29, 1.82) is 0 Å². The Morgan fingerprint density at radius 1 is 1.00 bits per heavy atom. The number of piperidine rings is 2. The van der Waals surface area contributed by atoms with Crippen molar-refractivity contribution in [2.24, 2.45) is 0 Å². The van der Waals surface area contributed by atoms with Crippen molar-refractivity contribution < 1.29 is 17.9 Å². The largest absolute Gasteiger partial charge is 0.489 e. The Morgan fingerprint density at radius 3 is 2.25 bits per heavy atom. The topological polar surface area (TPSA) is 79.0 Å². The SMILES string of the molecule is CCc1ccc(C(=O)NS(=O)(=O)N2CCC(N3CCC(Oc4ccc(Cl)c(C)c4Cl)CC3)CC2)cc1. The first kappa shape index (κ1) is 27.2. The van der Waals surface area contributed by atoms with Crippen LogP contribution in [0.5, 0.6) is 5.75 Å². The van der Waals surface area contributed by atoms with Gasteiger partial charge in [-0.2, -0.15) is 12.7 Å². The maximum Gasteiger partial charge on any atom is 0.304 e. The Bertz CT molecular complexity index is 1170. The van der Waals surface area contributed by atoms with E-state index in [0.717, 1.165) is 56.3 Å². The lowest BCUT2D eigenvalue weighted by Crippen LogP contribution is -2.52. The number of carbonyl (C=O) groups excluding carboxylic acids is 1. The molecular weight excluding hydrogens is 521 g/mol. The van der Waals surface area contributed by atoms with Gasteiger partial charge in [0, 0.05) is 42.8 Å². The molecule has 2 saturated heterocycles. The molecule has 2 aromatic carbocycles. The zero-order valence-electron chi connectivity index (χ0n) is 20.7. The van der Waals surface area contributed by atoms with Gasteiger partial charge < -0.3 is 9.64 Å². The number of benzene rings is 2. The highest BCUT2D eigenvalue weighted by Gasteiger charge is 2.33. The van der Waals surface area contributed by atoms with Crippen LogP contribution >= 0.6 is 23.2 Å². The van der Waals surface area contributed by atoms with E-state index in [1.165, 1.54) is 4.31 Å².